The first kappa shape index (κ1) is 14.9. The van der Waals surface area contributed by atoms with E-state index < -0.39 is 11.2 Å². The molecule has 2 aromatic rings. The van der Waals surface area contributed by atoms with Crippen LogP contribution in [0.2, 0.25) is 5.02 Å². The minimum Gasteiger partial charge on any atom is -0.366 e. The van der Waals surface area contributed by atoms with Gasteiger partial charge in [-0.05, 0) is 17.7 Å². The standard InChI is InChI=1S/C14H13ClN4O2/c1-18-12(11(7-16)13(20)19(2)14(18)21)17-8-9-3-5-10(15)6-4-9/h3-6,17H,8H2,1-2H3. The Hall–Kier alpha value is -2.52. The van der Waals surface area contributed by atoms with Gasteiger partial charge in [0.15, 0.2) is 5.56 Å². The van der Waals surface area contributed by atoms with Gasteiger partial charge >= 0.3 is 5.69 Å². The predicted octanol–water partition coefficient (Wildman–Crippen LogP) is 1.22. The molecule has 0 amide bonds. The van der Waals surface area contributed by atoms with Crippen LogP contribution in [-0.4, -0.2) is 9.13 Å². The molecule has 0 unspecified atom stereocenters. The summed E-state index contributed by atoms with van der Waals surface area (Å²) in [6.45, 7) is 0.367. The molecule has 0 bridgehead atoms. The second-order valence-corrected chi connectivity index (χ2v) is 4.96. The van der Waals surface area contributed by atoms with Gasteiger partial charge in [-0.1, -0.05) is 23.7 Å². The highest BCUT2D eigenvalue weighted by Crippen LogP contribution is 2.12. The quantitative estimate of drug-likeness (QED) is 0.924. The van der Waals surface area contributed by atoms with Gasteiger partial charge in [0.1, 0.15) is 11.9 Å². The molecule has 1 N–H and O–H groups in total. The van der Waals surface area contributed by atoms with Crippen molar-refractivity contribution in [1.82, 2.24) is 9.13 Å². The Morgan fingerprint density at radius 2 is 1.81 bits per heavy atom. The van der Waals surface area contributed by atoms with Crippen LogP contribution < -0.4 is 16.6 Å². The summed E-state index contributed by atoms with van der Waals surface area (Å²) in [5, 5.41) is 12.7. The van der Waals surface area contributed by atoms with Crippen LogP contribution in [-0.2, 0) is 20.6 Å². The largest absolute Gasteiger partial charge is 0.366 e. The number of benzene rings is 1. The summed E-state index contributed by atoms with van der Waals surface area (Å²) >= 11 is 5.81. The van der Waals surface area contributed by atoms with Crippen molar-refractivity contribution in [2.45, 2.75) is 6.54 Å². The van der Waals surface area contributed by atoms with Gasteiger partial charge in [0.25, 0.3) is 5.56 Å². The molecule has 0 spiro atoms. The maximum absolute atomic E-state index is 11.9. The molecule has 0 saturated heterocycles. The number of nitrogens with one attached hydrogen (secondary N) is 1. The van der Waals surface area contributed by atoms with Crippen LogP contribution in [0.4, 0.5) is 5.82 Å². The lowest BCUT2D eigenvalue weighted by Gasteiger charge is -2.13. The van der Waals surface area contributed by atoms with Crippen molar-refractivity contribution < 1.29 is 0 Å². The average Bonchev–Trinajstić information content (AvgIpc) is 2.49. The Bertz CT molecular complexity index is 828. The first-order valence-electron chi connectivity index (χ1n) is 6.14. The van der Waals surface area contributed by atoms with Crippen LogP contribution in [0, 0.1) is 11.3 Å². The van der Waals surface area contributed by atoms with Crippen LogP contribution in [0.1, 0.15) is 11.1 Å². The number of anilines is 1. The Morgan fingerprint density at radius 1 is 1.19 bits per heavy atom. The predicted molar refractivity (Wildman–Crippen MR) is 80.4 cm³/mol. The summed E-state index contributed by atoms with van der Waals surface area (Å²) in [7, 11) is 2.85. The molecule has 0 atom stereocenters. The maximum atomic E-state index is 11.9. The van der Waals surface area contributed by atoms with E-state index in [0.29, 0.717) is 11.6 Å². The fourth-order valence-corrected chi connectivity index (χ4v) is 2.07. The first-order chi connectivity index (χ1) is 9.95. The molecule has 1 aromatic heterocycles. The fraction of sp³-hybridized carbons (Fsp3) is 0.214. The van der Waals surface area contributed by atoms with E-state index in [4.69, 9.17) is 16.9 Å². The van der Waals surface area contributed by atoms with E-state index in [0.717, 1.165) is 10.1 Å². The summed E-state index contributed by atoms with van der Waals surface area (Å²) in [6, 6.07) is 8.97. The Balaban J connectivity index is 2.41. The number of nitrogens with zero attached hydrogens (tertiary/aromatic N) is 3. The van der Waals surface area contributed by atoms with Gasteiger partial charge in [-0.15, -0.1) is 0 Å². The van der Waals surface area contributed by atoms with Crippen molar-refractivity contribution in [2.24, 2.45) is 14.1 Å². The second kappa shape index (κ2) is 5.85. The van der Waals surface area contributed by atoms with Crippen molar-refractivity contribution in [3.8, 4) is 6.07 Å². The number of aromatic nitrogens is 2. The Labute approximate surface area is 125 Å². The maximum Gasteiger partial charge on any atom is 0.332 e. The van der Waals surface area contributed by atoms with Gasteiger partial charge in [0.2, 0.25) is 0 Å². The summed E-state index contributed by atoms with van der Waals surface area (Å²) < 4.78 is 2.15. The van der Waals surface area contributed by atoms with E-state index >= 15 is 0 Å². The van der Waals surface area contributed by atoms with Crippen molar-refractivity contribution in [3.63, 3.8) is 0 Å². The summed E-state index contributed by atoms with van der Waals surface area (Å²) in [6.07, 6.45) is 0. The third kappa shape index (κ3) is 2.83. The molecule has 0 fully saturated rings. The number of nitriles is 1. The molecule has 0 saturated carbocycles. The van der Waals surface area contributed by atoms with E-state index in [1.807, 2.05) is 18.2 Å². The highest BCUT2D eigenvalue weighted by atomic mass is 35.5. The van der Waals surface area contributed by atoms with Crippen LogP contribution in [0.15, 0.2) is 33.9 Å². The molecule has 0 aliphatic carbocycles. The average molecular weight is 305 g/mol. The molecule has 1 heterocycles. The molecular weight excluding hydrogens is 292 g/mol. The minimum atomic E-state index is -0.612. The van der Waals surface area contributed by atoms with E-state index in [1.54, 1.807) is 12.1 Å². The zero-order valence-electron chi connectivity index (χ0n) is 11.6. The van der Waals surface area contributed by atoms with Crippen molar-refractivity contribution >= 4 is 17.4 Å². The monoisotopic (exact) mass is 304 g/mol. The van der Waals surface area contributed by atoms with Gasteiger partial charge in [-0.2, -0.15) is 5.26 Å². The molecule has 0 aliphatic rings. The molecule has 1 aromatic carbocycles. The van der Waals surface area contributed by atoms with E-state index in [9.17, 15) is 9.59 Å². The second-order valence-electron chi connectivity index (χ2n) is 4.52. The van der Waals surface area contributed by atoms with Crippen LogP contribution in [0.25, 0.3) is 0 Å². The molecule has 2 rings (SSSR count). The summed E-state index contributed by atoms with van der Waals surface area (Å²) in [5.41, 5.74) is -0.276. The summed E-state index contributed by atoms with van der Waals surface area (Å²) in [4.78, 5) is 23.8. The number of hydrogen-bond acceptors (Lipinski definition) is 4. The van der Waals surface area contributed by atoms with Crippen molar-refractivity contribution in [2.75, 3.05) is 5.32 Å². The Kier molecular flexibility index (Phi) is 4.15. The first-order valence-corrected chi connectivity index (χ1v) is 6.52. The van der Waals surface area contributed by atoms with E-state index in [1.165, 1.54) is 18.7 Å². The number of hydrogen-bond donors (Lipinski definition) is 1. The zero-order chi connectivity index (χ0) is 15.6. The minimum absolute atomic E-state index is 0.0893. The molecule has 6 nitrogen and oxygen atoms in total. The Morgan fingerprint density at radius 3 is 2.38 bits per heavy atom. The van der Waals surface area contributed by atoms with E-state index in [2.05, 4.69) is 5.32 Å². The number of halogens is 1. The van der Waals surface area contributed by atoms with Crippen LogP contribution >= 0.6 is 11.6 Å². The third-order valence-corrected chi connectivity index (χ3v) is 3.40. The fourth-order valence-electron chi connectivity index (χ4n) is 1.94. The normalized spacial score (nSPS) is 10.2. The van der Waals surface area contributed by atoms with Crippen molar-refractivity contribution in [1.29, 1.82) is 5.26 Å². The SMILES string of the molecule is Cn1c(NCc2ccc(Cl)cc2)c(C#N)c(=O)n(C)c1=O. The molecule has 108 valence electrons. The lowest BCUT2D eigenvalue weighted by atomic mass is 10.2. The van der Waals surface area contributed by atoms with Crippen LogP contribution in [0.3, 0.4) is 0 Å². The van der Waals surface area contributed by atoms with Gasteiger partial charge in [0.05, 0.1) is 0 Å². The van der Waals surface area contributed by atoms with Crippen molar-refractivity contribution in [3.05, 3.63) is 61.3 Å². The topological polar surface area (TPSA) is 79.8 Å². The van der Waals surface area contributed by atoms with Gasteiger partial charge in [-0.3, -0.25) is 13.9 Å². The molecular formula is C14H13ClN4O2. The summed E-state index contributed by atoms with van der Waals surface area (Å²) in [5.74, 6) is 0.209. The molecule has 0 aliphatic heterocycles. The molecule has 7 heteroatoms. The van der Waals surface area contributed by atoms with Gasteiger partial charge in [-0.25, -0.2) is 4.79 Å². The lowest BCUT2D eigenvalue weighted by Crippen LogP contribution is -2.39. The smallest absolute Gasteiger partial charge is 0.332 e. The van der Waals surface area contributed by atoms with Gasteiger partial charge in [0, 0.05) is 25.7 Å². The number of rotatable bonds is 3. The molecule has 21 heavy (non-hydrogen) atoms. The highest BCUT2D eigenvalue weighted by molar-refractivity contribution is 6.30. The van der Waals surface area contributed by atoms with E-state index in [-0.39, 0.29) is 11.4 Å². The highest BCUT2D eigenvalue weighted by Gasteiger charge is 2.14. The zero-order valence-corrected chi connectivity index (χ0v) is 12.3. The lowest BCUT2D eigenvalue weighted by molar-refractivity contribution is 0.685. The third-order valence-electron chi connectivity index (χ3n) is 3.15. The van der Waals surface area contributed by atoms with Crippen LogP contribution in [0.5, 0.6) is 0 Å². The molecule has 0 radical (unpaired) electrons. The van der Waals surface area contributed by atoms with Gasteiger partial charge < -0.3 is 5.32 Å².